The number of nitrogens with one attached hydrogen (secondary N) is 1. The van der Waals surface area contributed by atoms with E-state index in [0.29, 0.717) is 11.7 Å². The average Bonchev–Trinajstić information content (AvgIpc) is 2.82. The van der Waals surface area contributed by atoms with Crippen LogP contribution >= 0.6 is 11.6 Å². The van der Waals surface area contributed by atoms with Gasteiger partial charge in [-0.1, -0.05) is 42.4 Å². The molecule has 3 aromatic heterocycles. The van der Waals surface area contributed by atoms with E-state index in [4.69, 9.17) is 11.6 Å². The van der Waals surface area contributed by atoms with E-state index >= 15 is 0 Å². The Morgan fingerprint density at radius 3 is 2.66 bits per heavy atom. The third-order valence-corrected chi connectivity index (χ3v) is 5.17. The first-order valence-corrected chi connectivity index (χ1v) is 10.5. The number of nitrogens with zero attached hydrogens (tertiary/aromatic N) is 4. The lowest BCUT2D eigenvalue weighted by Gasteiger charge is -2.10. The van der Waals surface area contributed by atoms with Gasteiger partial charge in [-0.3, -0.25) is 9.98 Å². The number of fused-ring (bicyclic) bond motifs is 1. The zero-order valence-electron chi connectivity index (χ0n) is 17.7. The summed E-state index contributed by atoms with van der Waals surface area (Å²) in [5.41, 5.74) is 4.90. The van der Waals surface area contributed by atoms with Crippen molar-refractivity contribution >= 4 is 40.0 Å². The van der Waals surface area contributed by atoms with Crippen molar-refractivity contribution in [2.45, 2.75) is 13.5 Å². The second kappa shape index (κ2) is 9.98. The first-order valence-electron chi connectivity index (χ1n) is 10.2. The van der Waals surface area contributed by atoms with E-state index in [1.54, 1.807) is 30.9 Å². The van der Waals surface area contributed by atoms with Crippen molar-refractivity contribution in [1.82, 2.24) is 15.0 Å². The van der Waals surface area contributed by atoms with E-state index in [9.17, 15) is 0 Å². The molecule has 0 aliphatic rings. The normalized spacial score (nSPS) is 11.4. The van der Waals surface area contributed by atoms with Crippen LogP contribution in [0.4, 0.5) is 5.82 Å². The van der Waals surface area contributed by atoms with Gasteiger partial charge in [0.05, 0.1) is 5.69 Å². The molecule has 6 heteroatoms. The Morgan fingerprint density at radius 1 is 1.06 bits per heavy atom. The summed E-state index contributed by atoms with van der Waals surface area (Å²) in [6.45, 7) is 6.61. The Balaban J connectivity index is 1.49. The molecule has 0 atom stereocenters. The first kappa shape index (κ1) is 21.4. The summed E-state index contributed by atoms with van der Waals surface area (Å²) < 4.78 is 0. The summed E-state index contributed by atoms with van der Waals surface area (Å²) in [6, 6.07) is 16.0. The average molecular weight is 440 g/mol. The maximum Gasteiger partial charge on any atom is 0.135 e. The van der Waals surface area contributed by atoms with Gasteiger partial charge in [0.2, 0.25) is 0 Å². The molecule has 0 fully saturated rings. The molecule has 0 unspecified atom stereocenters. The monoisotopic (exact) mass is 439 g/mol. The van der Waals surface area contributed by atoms with Crippen LogP contribution in [0.5, 0.6) is 0 Å². The van der Waals surface area contributed by atoms with Gasteiger partial charge in [-0.05, 0) is 59.4 Å². The number of halogens is 1. The lowest BCUT2D eigenvalue weighted by molar-refractivity contribution is 1.12. The van der Waals surface area contributed by atoms with Crippen LogP contribution in [0.25, 0.3) is 27.6 Å². The molecule has 0 aliphatic carbocycles. The summed E-state index contributed by atoms with van der Waals surface area (Å²) in [5, 5.41) is 5.88. The minimum atomic E-state index is 0.446. The summed E-state index contributed by atoms with van der Waals surface area (Å²) in [4.78, 5) is 17.2. The van der Waals surface area contributed by atoms with Gasteiger partial charge in [-0.25, -0.2) is 9.97 Å². The number of anilines is 1. The predicted octanol–water partition coefficient (Wildman–Crippen LogP) is 6.57. The van der Waals surface area contributed by atoms with Crippen molar-refractivity contribution in [3.63, 3.8) is 0 Å². The molecule has 0 bridgehead atoms. The molecule has 4 aromatic rings. The van der Waals surface area contributed by atoms with Gasteiger partial charge in [0.15, 0.2) is 0 Å². The smallest absolute Gasteiger partial charge is 0.135 e. The van der Waals surface area contributed by atoms with Crippen LogP contribution in [0.1, 0.15) is 18.1 Å². The molecule has 0 saturated heterocycles. The summed E-state index contributed by atoms with van der Waals surface area (Å²) in [5.74, 6) is 0.795. The summed E-state index contributed by atoms with van der Waals surface area (Å²) in [7, 11) is 0. The Morgan fingerprint density at radius 2 is 1.88 bits per heavy atom. The van der Waals surface area contributed by atoms with Crippen molar-refractivity contribution in [3.8, 4) is 11.3 Å². The van der Waals surface area contributed by atoms with Crippen molar-refractivity contribution in [2.75, 3.05) is 5.32 Å². The Hall–Kier alpha value is -3.83. The van der Waals surface area contributed by atoms with Crippen LogP contribution in [-0.2, 0) is 6.54 Å². The Kier molecular flexibility index (Phi) is 6.68. The number of aliphatic imine (C=N–C) groups is 1. The van der Waals surface area contributed by atoms with Gasteiger partial charge < -0.3 is 5.32 Å². The molecule has 1 aromatic carbocycles. The van der Waals surface area contributed by atoms with Gasteiger partial charge >= 0.3 is 0 Å². The fourth-order valence-corrected chi connectivity index (χ4v) is 3.44. The van der Waals surface area contributed by atoms with Gasteiger partial charge in [0, 0.05) is 48.5 Å². The molecule has 5 nitrogen and oxygen atoms in total. The van der Waals surface area contributed by atoms with Gasteiger partial charge in [-0.15, -0.1) is 0 Å². The minimum Gasteiger partial charge on any atom is -0.365 e. The van der Waals surface area contributed by atoms with Gasteiger partial charge in [0.25, 0.3) is 0 Å². The quantitative estimate of drug-likeness (QED) is 0.201. The highest BCUT2D eigenvalue weighted by Crippen LogP contribution is 2.26. The largest absolute Gasteiger partial charge is 0.365 e. The Bertz CT molecular complexity index is 1310. The topological polar surface area (TPSA) is 63.1 Å². The molecule has 0 saturated carbocycles. The molecule has 0 amide bonds. The van der Waals surface area contributed by atoms with E-state index in [-0.39, 0.29) is 0 Å². The lowest BCUT2D eigenvalue weighted by Crippen LogP contribution is -2.02. The Labute approximate surface area is 192 Å². The molecule has 1 N–H and O–H groups in total. The second-order valence-electron chi connectivity index (χ2n) is 7.12. The number of aromatic nitrogens is 3. The lowest BCUT2D eigenvalue weighted by atomic mass is 10.1. The number of rotatable bonds is 7. The van der Waals surface area contributed by atoms with E-state index in [1.165, 1.54) is 0 Å². The maximum absolute atomic E-state index is 6.02. The van der Waals surface area contributed by atoms with Crippen LogP contribution in [0.15, 0.2) is 91.0 Å². The predicted molar refractivity (Wildman–Crippen MR) is 134 cm³/mol. The summed E-state index contributed by atoms with van der Waals surface area (Å²) in [6.07, 6.45) is 10.7. The number of benzene rings is 1. The van der Waals surface area contributed by atoms with Crippen molar-refractivity contribution < 1.29 is 0 Å². The SMILES string of the molecule is C=C(/C=C\N=CC)c1ccc(CNc2nccc3cc(-c4ccnc(Cl)c4)ncc23)cc1. The van der Waals surface area contributed by atoms with E-state index in [1.807, 2.05) is 37.4 Å². The molecule has 0 radical (unpaired) electrons. The first-order chi connectivity index (χ1) is 15.6. The number of allylic oxidation sites excluding steroid dienone is 2. The van der Waals surface area contributed by atoms with Gasteiger partial charge in [-0.2, -0.15) is 0 Å². The highest BCUT2D eigenvalue weighted by Gasteiger charge is 2.07. The van der Waals surface area contributed by atoms with Crippen LogP contribution in [0.3, 0.4) is 0 Å². The fraction of sp³-hybridized carbons (Fsp3) is 0.0769. The molecule has 0 aliphatic heterocycles. The molecule has 0 spiro atoms. The van der Waals surface area contributed by atoms with Crippen LogP contribution in [0.2, 0.25) is 5.15 Å². The van der Waals surface area contributed by atoms with Crippen LogP contribution < -0.4 is 5.32 Å². The number of pyridine rings is 3. The standard InChI is InChI=1S/C26H22ClN5/c1-3-28-11-8-18(2)20-6-4-19(5-7-20)16-32-26-23-17-31-24(14-21(23)9-13-30-26)22-10-12-29-25(27)15-22/h3-15,17H,2,16H2,1H3,(H,30,32)/b11-8-,28-3?. The molecule has 32 heavy (non-hydrogen) atoms. The summed E-state index contributed by atoms with van der Waals surface area (Å²) >= 11 is 6.02. The number of hydrogen-bond acceptors (Lipinski definition) is 5. The van der Waals surface area contributed by atoms with Crippen LogP contribution in [0, 0.1) is 0 Å². The van der Waals surface area contributed by atoms with E-state index < -0.39 is 0 Å². The number of hydrogen-bond donors (Lipinski definition) is 1. The van der Waals surface area contributed by atoms with Crippen molar-refractivity contribution in [1.29, 1.82) is 0 Å². The van der Waals surface area contributed by atoms with Crippen molar-refractivity contribution in [2.24, 2.45) is 4.99 Å². The van der Waals surface area contributed by atoms with Crippen LogP contribution in [-0.4, -0.2) is 21.2 Å². The third-order valence-electron chi connectivity index (χ3n) is 4.97. The zero-order valence-corrected chi connectivity index (χ0v) is 18.4. The second-order valence-corrected chi connectivity index (χ2v) is 7.50. The van der Waals surface area contributed by atoms with E-state index in [2.05, 4.69) is 56.1 Å². The van der Waals surface area contributed by atoms with Gasteiger partial charge in [0.1, 0.15) is 11.0 Å². The van der Waals surface area contributed by atoms with E-state index in [0.717, 1.165) is 44.5 Å². The molecular weight excluding hydrogens is 418 g/mol. The zero-order chi connectivity index (χ0) is 22.3. The third kappa shape index (κ3) is 5.07. The molecule has 3 heterocycles. The maximum atomic E-state index is 6.02. The highest BCUT2D eigenvalue weighted by molar-refractivity contribution is 6.29. The highest BCUT2D eigenvalue weighted by atomic mass is 35.5. The fourth-order valence-electron chi connectivity index (χ4n) is 3.27. The molecule has 4 rings (SSSR count). The minimum absolute atomic E-state index is 0.446. The molecule has 158 valence electrons. The van der Waals surface area contributed by atoms with Crippen molar-refractivity contribution in [3.05, 3.63) is 102 Å². The molecular formula is C26H22ClN5.